The number of carbonyl (C=O) groups excluding carboxylic acids is 1. The molecule has 3 N–H and O–H groups in total. The molecular weight excluding hydrogens is 242 g/mol. The Labute approximate surface area is 112 Å². The second-order valence-electron chi connectivity index (χ2n) is 4.78. The van der Waals surface area contributed by atoms with Gasteiger partial charge in [-0.15, -0.1) is 0 Å². The number of benzene rings is 1. The molecule has 1 unspecified atom stereocenters. The van der Waals surface area contributed by atoms with E-state index < -0.39 is 0 Å². The molecule has 1 aliphatic carbocycles. The van der Waals surface area contributed by atoms with Gasteiger partial charge in [0.05, 0.1) is 24.4 Å². The number of anilines is 1. The van der Waals surface area contributed by atoms with Gasteiger partial charge >= 0.3 is 0 Å². The van der Waals surface area contributed by atoms with Crippen LogP contribution in [0.25, 0.3) is 0 Å². The lowest BCUT2D eigenvalue weighted by molar-refractivity contribution is -0.116. The van der Waals surface area contributed by atoms with Crippen molar-refractivity contribution in [3.8, 4) is 11.8 Å². The van der Waals surface area contributed by atoms with Crippen LogP contribution in [-0.4, -0.2) is 19.1 Å². The monoisotopic (exact) mass is 259 g/mol. The maximum Gasteiger partial charge on any atom is 0.226 e. The number of hydrogen-bond acceptors (Lipinski definition) is 4. The number of nitrogens with zero attached hydrogens (tertiary/aromatic N) is 1. The zero-order valence-corrected chi connectivity index (χ0v) is 10.8. The van der Waals surface area contributed by atoms with Crippen molar-refractivity contribution in [2.24, 2.45) is 11.7 Å². The molecule has 1 aromatic rings. The molecule has 1 aliphatic rings. The lowest BCUT2D eigenvalue weighted by Crippen LogP contribution is -2.28. The van der Waals surface area contributed by atoms with Crippen LogP contribution in [0.5, 0.6) is 5.75 Å². The highest BCUT2D eigenvalue weighted by Crippen LogP contribution is 2.33. The van der Waals surface area contributed by atoms with Gasteiger partial charge in [0.15, 0.2) is 0 Å². The van der Waals surface area contributed by atoms with Crippen LogP contribution in [0.15, 0.2) is 18.2 Å². The van der Waals surface area contributed by atoms with Gasteiger partial charge in [-0.1, -0.05) is 0 Å². The van der Waals surface area contributed by atoms with Crippen molar-refractivity contribution < 1.29 is 9.53 Å². The molecule has 0 heterocycles. The fourth-order valence-electron chi connectivity index (χ4n) is 1.97. The molecule has 5 nitrogen and oxygen atoms in total. The highest BCUT2D eigenvalue weighted by atomic mass is 16.5. The summed E-state index contributed by atoms with van der Waals surface area (Å²) in [6, 6.07) is 6.86. The molecule has 2 rings (SSSR count). The van der Waals surface area contributed by atoms with E-state index >= 15 is 0 Å². The number of amides is 1. The highest BCUT2D eigenvalue weighted by molar-refractivity contribution is 5.92. The number of ether oxygens (including phenoxy) is 1. The van der Waals surface area contributed by atoms with E-state index in [1.165, 1.54) is 7.11 Å². The summed E-state index contributed by atoms with van der Waals surface area (Å²) in [4.78, 5) is 11.9. The maximum atomic E-state index is 11.9. The van der Waals surface area contributed by atoms with Crippen LogP contribution in [0.2, 0.25) is 0 Å². The molecule has 1 aromatic carbocycles. The molecule has 0 aromatic heterocycles. The summed E-state index contributed by atoms with van der Waals surface area (Å²) < 4.78 is 5.16. The number of nitrogens with two attached hydrogens (primary N) is 1. The lowest BCUT2D eigenvalue weighted by Gasteiger charge is -2.13. The van der Waals surface area contributed by atoms with Gasteiger partial charge in [0.2, 0.25) is 5.91 Å². The van der Waals surface area contributed by atoms with Crippen molar-refractivity contribution in [1.29, 1.82) is 5.26 Å². The van der Waals surface area contributed by atoms with Crippen LogP contribution in [-0.2, 0) is 4.79 Å². The number of methoxy groups -OCH3 is 1. The van der Waals surface area contributed by atoms with Crippen molar-refractivity contribution in [1.82, 2.24) is 0 Å². The quantitative estimate of drug-likeness (QED) is 0.841. The molecule has 0 radical (unpaired) electrons. The van der Waals surface area contributed by atoms with E-state index in [-0.39, 0.29) is 11.9 Å². The van der Waals surface area contributed by atoms with Gasteiger partial charge in [0, 0.05) is 18.5 Å². The summed E-state index contributed by atoms with van der Waals surface area (Å²) in [6.45, 7) is 0. The normalized spacial score (nSPS) is 15.4. The molecule has 0 aliphatic heterocycles. The van der Waals surface area contributed by atoms with Crippen LogP contribution in [0.4, 0.5) is 5.69 Å². The van der Waals surface area contributed by atoms with Gasteiger partial charge < -0.3 is 15.8 Å². The summed E-state index contributed by atoms with van der Waals surface area (Å²) in [7, 11) is 1.50. The van der Waals surface area contributed by atoms with E-state index in [0.29, 0.717) is 29.3 Å². The first kappa shape index (κ1) is 13.4. The summed E-state index contributed by atoms with van der Waals surface area (Å²) in [6.07, 6.45) is 2.55. The standard InChI is InChI=1S/C14H17N3O2/c1-19-13-6-9(8-15)2-5-12(13)17-14(18)7-11(16)10-3-4-10/h2,5-6,10-11H,3-4,7,16H2,1H3,(H,17,18). The third-order valence-electron chi connectivity index (χ3n) is 3.25. The van der Waals surface area contributed by atoms with Crippen LogP contribution >= 0.6 is 0 Å². The fraction of sp³-hybridized carbons (Fsp3) is 0.429. The third-order valence-corrected chi connectivity index (χ3v) is 3.25. The second-order valence-corrected chi connectivity index (χ2v) is 4.78. The zero-order valence-electron chi connectivity index (χ0n) is 10.8. The minimum absolute atomic E-state index is 0.0654. The SMILES string of the molecule is COc1cc(C#N)ccc1NC(=O)CC(N)C1CC1. The summed E-state index contributed by atoms with van der Waals surface area (Å²) in [5.41, 5.74) is 6.97. The Bertz CT molecular complexity index is 518. The molecule has 1 saturated carbocycles. The average Bonchev–Trinajstić information content (AvgIpc) is 3.23. The summed E-state index contributed by atoms with van der Waals surface area (Å²) >= 11 is 0. The molecule has 0 spiro atoms. The van der Waals surface area contributed by atoms with E-state index in [9.17, 15) is 4.79 Å². The predicted octanol–water partition coefficient (Wildman–Crippen LogP) is 1.63. The van der Waals surface area contributed by atoms with E-state index in [1.54, 1.807) is 18.2 Å². The highest BCUT2D eigenvalue weighted by Gasteiger charge is 2.29. The van der Waals surface area contributed by atoms with Crippen molar-refractivity contribution in [3.63, 3.8) is 0 Å². The van der Waals surface area contributed by atoms with E-state index in [4.69, 9.17) is 15.7 Å². The average molecular weight is 259 g/mol. The smallest absolute Gasteiger partial charge is 0.226 e. The molecule has 100 valence electrons. The number of carbonyl (C=O) groups is 1. The van der Waals surface area contributed by atoms with E-state index in [1.807, 2.05) is 6.07 Å². The van der Waals surface area contributed by atoms with Crippen LogP contribution in [0, 0.1) is 17.2 Å². The van der Waals surface area contributed by atoms with Crippen molar-refractivity contribution in [2.75, 3.05) is 12.4 Å². The lowest BCUT2D eigenvalue weighted by atomic mass is 10.1. The van der Waals surface area contributed by atoms with Gasteiger partial charge in [-0.3, -0.25) is 4.79 Å². The Balaban J connectivity index is 2.01. The fourth-order valence-corrected chi connectivity index (χ4v) is 1.97. The number of nitrogens with one attached hydrogen (secondary N) is 1. The van der Waals surface area contributed by atoms with Gasteiger partial charge in [-0.25, -0.2) is 0 Å². The first-order valence-corrected chi connectivity index (χ1v) is 6.27. The molecule has 1 fully saturated rings. The molecule has 19 heavy (non-hydrogen) atoms. The molecular formula is C14H17N3O2. The Morgan fingerprint density at radius 3 is 2.95 bits per heavy atom. The van der Waals surface area contributed by atoms with Crippen LogP contribution in [0.1, 0.15) is 24.8 Å². The third kappa shape index (κ3) is 3.46. The topological polar surface area (TPSA) is 88.1 Å². The minimum Gasteiger partial charge on any atom is -0.495 e. The molecule has 1 amide bonds. The van der Waals surface area contributed by atoms with E-state index in [0.717, 1.165) is 12.8 Å². The van der Waals surface area contributed by atoms with Gasteiger partial charge in [0.25, 0.3) is 0 Å². The predicted molar refractivity (Wildman–Crippen MR) is 71.7 cm³/mol. The summed E-state index contributed by atoms with van der Waals surface area (Å²) in [5, 5.41) is 11.6. The van der Waals surface area contributed by atoms with Crippen LogP contribution in [0.3, 0.4) is 0 Å². The minimum atomic E-state index is -0.123. The second kappa shape index (κ2) is 5.72. The van der Waals surface area contributed by atoms with Gasteiger partial charge in [-0.05, 0) is 30.9 Å². The zero-order chi connectivity index (χ0) is 13.8. The Hall–Kier alpha value is -2.06. The summed E-state index contributed by atoms with van der Waals surface area (Å²) in [5.74, 6) is 0.850. The van der Waals surface area contributed by atoms with Gasteiger partial charge in [0.1, 0.15) is 5.75 Å². The van der Waals surface area contributed by atoms with E-state index in [2.05, 4.69) is 5.32 Å². The van der Waals surface area contributed by atoms with Gasteiger partial charge in [-0.2, -0.15) is 5.26 Å². The Kier molecular flexibility index (Phi) is 4.03. The first-order chi connectivity index (χ1) is 9.13. The maximum absolute atomic E-state index is 11.9. The molecule has 0 bridgehead atoms. The molecule has 5 heteroatoms. The molecule has 1 atom stereocenters. The van der Waals surface area contributed by atoms with Crippen molar-refractivity contribution in [2.45, 2.75) is 25.3 Å². The Morgan fingerprint density at radius 2 is 2.37 bits per heavy atom. The van der Waals surface area contributed by atoms with Crippen molar-refractivity contribution >= 4 is 11.6 Å². The van der Waals surface area contributed by atoms with Crippen LogP contribution < -0.4 is 15.8 Å². The Morgan fingerprint density at radius 1 is 1.63 bits per heavy atom. The first-order valence-electron chi connectivity index (χ1n) is 6.27. The largest absolute Gasteiger partial charge is 0.495 e. The number of rotatable bonds is 5. The van der Waals surface area contributed by atoms with Crippen molar-refractivity contribution in [3.05, 3.63) is 23.8 Å². The number of hydrogen-bond donors (Lipinski definition) is 2. The number of nitriles is 1. The molecule has 0 saturated heterocycles.